The zero-order valence-corrected chi connectivity index (χ0v) is 16.9. The highest BCUT2D eigenvalue weighted by Gasteiger charge is 2.43. The number of amides is 1. The van der Waals surface area contributed by atoms with Gasteiger partial charge in [-0.3, -0.25) is 4.79 Å². The Labute approximate surface area is 168 Å². The van der Waals surface area contributed by atoms with Crippen molar-refractivity contribution in [2.75, 3.05) is 24.5 Å². The van der Waals surface area contributed by atoms with E-state index in [4.69, 9.17) is 4.42 Å². The van der Waals surface area contributed by atoms with Crippen LogP contribution in [0.1, 0.15) is 48.4 Å². The number of nitrogens with zero attached hydrogens (tertiary/aromatic N) is 4. The van der Waals surface area contributed by atoms with Crippen molar-refractivity contribution in [3.05, 3.63) is 41.4 Å². The predicted octanol–water partition coefficient (Wildman–Crippen LogP) is 4.26. The van der Waals surface area contributed by atoms with Gasteiger partial charge in [0.1, 0.15) is 17.9 Å². The summed E-state index contributed by atoms with van der Waals surface area (Å²) >= 11 is 1.71. The summed E-state index contributed by atoms with van der Waals surface area (Å²) in [5.41, 5.74) is 1.11. The van der Waals surface area contributed by atoms with E-state index in [0.717, 1.165) is 62.4 Å². The highest BCUT2D eigenvalue weighted by atomic mass is 32.1. The van der Waals surface area contributed by atoms with E-state index in [1.807, 2.05) is 17.9 Å². The summed E-state index contributed by atoms with van der Waals surface area (Å²) in [5, 5.41) is 2.09. The molecule has 2 aliphatic heterocycles. The summed E-state index contributed by atoms with van der Waals surface area (Å²) in [4.78, 5) is 26.4. The van der Waals surface area contributed by atoms with Crippen LogP contribution in [0, 0.1) is 6.92 Å². The number of furan rings is 1. The van der Waals surface area contributed by atoms with Gasteiger partial charge in [0, 0.05) is 25.2 Å². The Morgan fingerprint density at radius 3 is 2.79 bits per heavy atom. The second-order valence-corrected chi connectivity index (χ2v) is 8.78. The van der Waals surface area contributed by atoms with E-state index < -0.39 is 0 Å². The van der Waals surface area contributed by atoms with Gasteiger partial charge in [0.2, 0.25) is 0 Å². The summed E-state index contributed by atoms with van der Waals surface area (Å²) in [5.74, 6) is 2.31. The van der Waals surface area contributed by atoms with E-state index in [9.17, 15) is 4.79 Å². The lowest BCUT2D eigenvalue weighted by atomic mass is 9.87. The fourth-order valence-corrected chi connectivity index (χ4v) is 5.69. The maximum Gasteiger partial charge on any atom is 0.289 e. The standard InChI is InChI=1S/C21H24N4O2S/c1-15-4-5-17(27-15)20(26)24-10-2-7-21(9-12-24)8-3-11-25(21)19-18-16(6-13-28-18)22-14-23-19/h4-6,13-14H,2-3,7-12H2,1H3. The third kappa shape index (κ3) is 2.89. The molecule has 1 atom stereocenters. The monoisotopic (exact) mass is 396 g/mol. The molecule has 7 heteroatoms. The number of aromatic nitrogens is 2. The molecule has 0 N–H and O–H groups in total. The Kier molecular flexibility index (Phi) is 4.34. The minimum absolute atomic E-state index is 0.0115. The van der Waals surface area contributed by atoms with E-state index in [1.54, 1.807) is 23.7 Å². The Hall–Kier alpha value is -2.41. The molecule has 3 aromatic rings. The van der Waals surface area contributed by atoms with Crippen molar-refractivity contribution in [1.82, 2.24) is 14.9 Å². The van der Waals surface area contributed by atoms with Gasteiger partial charge in [-0.2, -0.15) is 0 Å². The van der Waals surface area contributed by atoms with Crippen LogP contribution in [0.3, 0.4) is 0 Å². The smallest absolute Gasteiger partial charge is 0.289 e. The molecule has 0 aromatic carbocycles. The van der Waals surface area contributed by atoms with Crippen molar-refractivity contribution in [3.8, 4) is 0 Å². The second-order valence-electron chi connectivity index (χ2n) is 7.87. The summed E-state index contributed by atoms with van der Waals surface area (Å²) in [6.45, 7) is 4.44. The van der Waals surface area contributed by atoms with Crippen LogP contribution >= 0.6 is 11.3 Å². The van der Waals surface area contributed by atoms with Crippen molar-refractivity contribution in [2.24, 2.45) is 0 Å². The lowest BCUT2D eigenvalue weighted by Crippen LogP contribution is -2.45. The molecular weight excluding hydrogens is 372 g/mol. The molecule has 3 aromatic heterocycles. The van der Waals surface area contributed by atoms with E-state index in [2.05, 4.69) is 26.3 Å². The first-order chi connectivity index (χ1) is 13.7. The van der Waals surface area contributed by atoms with Crippen LogP contribution < -0.4 is 4.90 Å². The lowest BCUT2D eigenvalue weighted by Gasteiger charge is -2.39. The number of carbonyl (C=O) groups is 1. The average molecular weight is 397 g/mol. The number of likely N-dealkylation sites (tertiary alicyclic amines) is 1. The topological polar surface area (TPSA) is 62.5 Å². The molecule has 1 amide bonds. The van der Waals surface area contributed by atoms with Crippen molar-refractivity contribution in [1.29, 1.82) is 0 Å². The Balaban J connectivity index is 1.41. The first-order valence-corrected chi connectivity index (χ1v) is 10.9. The van der Waals surface area contributed by atoms with Gasteiger partial charge < -0.3 is 14.2 Å². The molecule has 0 saturated carbocycles. The minimum Gasteiger partial charge on any atom is -0.456 e. The number of anilines is 1. The molecule has 5 heterocycles. The summed E-state index contributed by atoms with van der Waals surface area (Å²) in [7, 11) is 0. The van der Waals surface area contributed by atoms with Gasteiger partial charge in [-0.1, -0.05) is 0 Å². The third-order valence-corrected chi connectivity index (χ3v) is 7.13. The number of rotatable bonds is 2. The van der Waals surface area contributed by atoms with E-state index in [1.165, 1.54) is 11.1 Å². The summed E-state index contributed by atoms with van der Waals surface area (Å²) in [6, 6.07) is 5.70. The zero-order chi connectivity index (χ0) is 19.1. The van der Waals surface area contributed by atoms with Crippen molar-refractivity contribution in [2.45, 2.75) is 44.6 Å². The SMILES string of the molecule is Cc1ccc(C(=O)N2CCCC3(CCCN3c3ncnc4ccsc34)CC2)o1. The van der Waals surface area contributed by atoms with Gasteiger partial charge in [-0.25, -0.2) is 9.97 Å². The number of carbonyl (C=O) groups excluding carboxylic acids is 1. The first-order valence-electron chi connectivity index (χ1n) is 9.98. The van der Waals surface area contributed by atoms with Gasteiger partial charge in [0.15, 0.2) is 5.76 Å². The highest BCUT2D eigenvalue weighted by molar-refractivity contribution is 7.17. The number of aryl methyl sites for hydroxylation is 1. The lowest BCUT2D eigenvalue weighted by molar-refractivity contribution is 0.0726. The summed E-state index contributed by atoms with van der Waals surface area (Å²) in [6.07, 6.45) is 7.07. The molecule has 28 heavy (non-hydrogen) atoms. The van der Waals surface area contributed by atoms with E-state index in [-0.39, 0.29) is 11.4 Å². The van der Waals surface area contributed by atoms with Gasteiger partial charge in [-0.05, 0) is 62.6 Å². The average Bonchev–Trinajstić information content (AvgIpc) is 3.40. The molecule has 5 rings (SSSR count). The number of fused-ring (bicyclic) bond motifs is 1. The van der Waals surface area contributed by atoms with Crippen LogP contribution in [0.2, 0.25) is 0 Å². The molecule has 6 nitrogen and oxygen atoms in total. The molecule has 2 saturated heterocycles. The van der Waals surface area contributed by atoms with Crippen LogP contribution in [-0.2, 0) is 0 Å². The van der Waals surface area contributed by atoms with Crippen molar-refractivity contribution >= 4 is 33.3 Å². The Morgan fingerprint density at radius 2 is 1.96 bits per heavy atom. The van der Waals surface area contributed by atoms with Gasteiger partial charge in [0.25, 0.3) is 5.91 Å². The molecule has 2 fully saturated rings. The molecule has 0 aliphatic carbocycles. The largest absolute Gasteiger partial charge is 0.456 e. The molecule has 0 radical (unpaired) electrons. The van der Waals surface area contributed by atoms with E-state index >= 15 is 0 Å². The molecule has 1 unspecified atom stereocenters. The highest BCUT2D eigenvalue weighted by Crippen LogP contribution is 2.43. The maximum atomic E-state index is 12.9. The van der Waals surface area contributed by atoms with Crippen molar-refractivity contribution in [3.63, 3.8) is 0 Å². The molecule has 0 bridgehead atoms. The molecular formula is C21H24N4O2S. The fraction of sp³-hybridized carbons (Fsp3) is 0.476. The van der Waals surface area contributed by atoms with Crippen LogP contribution in [0.5, 0.6) is 0 Å². The molecule has 146 valence electrons. The first kappa shape index (κ1) is 17.7. The number of hydrogen-bond acceptors (Lipinski definition) is 6. The molecule has 1 spiro atoms. The predicted molar refractivity (Wildman–Crippen MR) is 110 cm³/mol. The number of hydrogen-bond donors (Lipinski definition) is 0. The fourth-order valence-electron chi connectivity index (χ4n) is 4.84. The number of thiophene rings is 1. The second kappa shape index (κ2) is 6.88. The van der Waals surface area contributed by atoms with Crippen molar-refractivity contribution < 1.29 is 9.21 Å². The third-order valence-electron chi connectivity index (χ3n) is 6.23. The minimum atomic E-state index is 0.0115. The normalized spacial score (nSPS) is 22.9. The zero-order valence-electron chi connectivity index (χ0n) is 16.1. The van der Waals surface area contributed by atoms with Crippen LogP contribution in [0.25, 0.3) is 10.2 Å². The Bertz CT molecular complexity index is 1010. The maximum absolute atomic E-state index is 12.9. The van der Waals surface area contributed by atoms with E-state index in [0.29, 0.717) is 5.76 Å². The van der Waals surface area contributed by atoms with Crippen LogP contribution in [-0.4, -0.2) is 45.9 Å². The van der Waals surface area contributed by atoms with Crippen LogP contribution in [0.4, 0.5) is 5.82 Å². The summed E-state index contributed by atoms with van der Waals surface area (Å²) < 4.78 is 6.74. The molecule has 2 aliphatic rings. The van der Waals surface area contributed by atoms with Gasteiger partial charge >= 0.3 is 0 Å². The van der Waals surface area contributed by atoms with Gasteiger partial charge in [0.05, 0.1) is 10.2 Å². The van der Waals surface area contributed by atoms with Crippen LogP contribution in [0.15, 0.2) is 34.3 Å². The quantitative estimate of drug-likeness (QED) is 0.648. The Morgan fingerprint density at radius 1 is 1.11 bits per heavy atom. The van der Waals surface area contributed by atoms with Gasteiger partial charge in [-0.15, -0.1) is 11.3 Å².